The maximum Gasteiger partial charge on any atom is 0.190 e. The Morgan fingerprint density at radius 1 is 0.875 bits per heavy atom. The van der Waals surface area contributed by atoms with Gasteiger partial charge in [0.25, 0.3) is 0 Å². The molecule has 0 aliphatic heterocycles. The van der Waals surface area contributed by atoms with Crippen molar-refractivity contribution >= 4 is 8.32 Å². The molecule has 0 saturated carbocycles. The van der Waals surface area contributed by atoms with Crippen molar-refractivity contribution in [3.8, 4) is 0 Å². The molecule has 1 unspecified atom stereocenters. The van der Waals surface area contributed by atoms with Crippen LogP contribution in [0.1, 0.15) is 59.3 Å². The van der Waals surface area contributed by atoms with Crippen LogP contribution in [0.15, 0.2) is 0 Å². The van der Waals surface area contributed by atoms with Crippen LogP contribution < -0.4 is 0 Å². The van der Waals surface area contributed by atoms with Gasteiger partial charge in [-0.05, 0) is 85.1 Å². The zero-order valence-corrected chi connectivity index (χ0v) is 19.1. The van der Waals surface area contributed by atoms with E-state index in [1.54, 1.807) is 0 Å². The highest BCUT2D eigenvalue weighted by Gasteiger charge is 2.37. The highest BCUT2D eigenvalue weighted by atomic mass is 28.4. The van der Waals surface area contributed by atoms with Crippen LogP contribution in [0.25, 0.3) is 0 Å². The Morgan fingerprint density at radius 2 is 1.42 bits per heavy atom. The molecule has 3 nitrogen and oxygen atoms in total. The molecule has 0 aliphatic carbocycles. The topological polar surface area (TPSA) is 15.7 Å². The quantitative estimate of drug-likeness (QED) is 0.299. The molecule has 0 spiro atoms. The van der Waals surface area contributed by atoms with Crippen LogP contribution in [-0.4, -0.2) is 66.0 Å². The lowest BCUT2D eigenvalue weighted by atomic mass is 9.85. The van der Waals surface area contributed by atoms with Crippen molar-refractivity contribution in [3.05, 3.63) is 0 Å². The molecule has 0 bridgehead atoms. The lowest BCUT2D eigenvalue weighted by Crippen LogP contribution is -2.42. The molecule has 0 aromatic carbocycles. The second-order valence-corrected chi connectivity index (χ2v) is 12.8. The van der Waals surface area contributed by atoms with E-state index >= 15 is 0 Å². The van der Waals surface area contributed by atoms with Gasteiger partial charge >= 0.3 is 0 Å². The summed E-state index contributed by atoms with van der Waals surface area (Å²) in [7, 11) is 7.15. The Morgan fingerprint density at radius 3 is 1.83 bits per heavy atom. The van der Waals surface area contributed by atoms with E-state index < -0.39 is 8.32 Å². The van der Waals surface area contributed by atoms with E-state index in [1.165, 1.54) is 63.7 Å². The predicted octanol–water partition coefficient (Wildman–Crippen LogP) is 5.09. The smallest absolute Gasteiger partial charge is 0.190 e. The summed E-state index contributed by atoms with van der Waals surface area (Å²) in [5.74, 6) is 0. The van der Waals surface area contributed by atoms with Gasteiger partial charge in [0.05, 0.1) is 0 Å². The summed E-state index contributed by atoms with van der Waals surface area (Å²) in [6, 6.07) is 2.64. The van der Waals surface area contributed by atoms with E-state index in [4.69, 9.17) is 4.43 Å². The van der Waals surface area contributed by atoms with E-state index in [-0.39, 0.29) is 0 Å². The molecule has 0 N–H and O–H groups in total. The highest BCUT2D eigenvalue weighted by molar-refractivity contribution is 6.72. The molecule has 0 amide bonds. The molecule has 0 heterocycles. The third kappa shape index (κ3) is 11.6. The monoisotopic (exact) mass is 358 g/mol. The van der Waals surface area contributed by atoms with Crippen LogP contribution >= 0.6 is 0 Å². The summed E-state index contributed by atoms with van der Waals surface area (Å²) in [6.07, 6.45) is 7.97. The van der Waals surface area contributed by atoms with Gasteiger partial charge in [0, 0.05) is 6.61 Å². The lowest BCUT2D eigenvalue weighted by molar-refractivity contribution is 0.212. The summed E-state index contributed by atoms with van der Waals surface area (Å²) in [5, 5.41) is 0. The standard InChI is InChI=1S/C20H46N2OSi/c1-9-11-12-13-18-24(8,23-10-2)19-20(3,14-16-21(4)5)15-17-22(6)7/h9-19H2,1-8H3. The summed E-state index contributed by atoms with van der Waals surface area (Å²) in [4.78, 5) is 4.66. The Labute approximate surface area is 154 Å². The Balaban J connectivity index is 4.90. The van der Waals surface area contributed by atoms with Crippen molar-refractivity contribution in [1.82, 2.24) is 9.80 Å². The maximum atomic E-state index is 6.43. The molecule has 0 fully saturated rings. The molecule has 0 aromatic heterocycles. The average molecular weight is 359 g/mol. The van der Waals surface area contributed by atoms with E-state index in [1.807, 2.05) is 0 Å². The van der Waals surface area contributed by atoms with Crippen LogP contribution in [0.5, 0.6) is 0 Å². The zero-order valence-electron chi connectivity index (χ0n) is 18.1. The summed E-state index contributed by atoms with van der Waals surface area (Å²) in [5.41, 5.74) is 0.398. The molecule has 0 radical (unpaired) electrons. The summed E-state index contributed by atoms with van der Waals surface area (Å²) < 4.78 is 6.43. The van der Waals surface area contributed by atoms with Gasteiger partial charge < -0.3 is 14.2 Å². The van der Waals surface area contributed by atoms with Crippen molar-refractivity contribution in [1.29, 1.82) is 0 Å². The molecule has 146 valence electrons. The maximum absolute atomic E-state index is 6.43. The highest BCUT2D eigenvalue weighted by Crippen LogP contribution is 2.39. The molecular formula is C20H46N2OSi. The van der Waals surface area contributed by atoms with Gasteiger partial charge in [-0.15, -0.1) is 0 Å². The van der Waals surface area contributed by atoms with Crippen molar-refractivity contribution in [2.45, 2.75) is 77.9 Å². The summed E-state index contributed by atoms with van der Waals surface area (Å²) in [6.45, 7) is 12.7. The van der Waals surface area contributed by atoms with Gasteiger partial charge in [-0.2, -0.15) is 0 Å². The number of hydrogen-bond acceptors (Lipinski definition) is 3. The minimum absolute atomic E-state index is 0.398. The first-order chi connectivity index (χ1) is 11.2. The fraction of sp³-hybridized carbons (Fsp3) is 1.00. The summed E-state index contributed by atoms with van der Waals surface area (Å²) >= 11 is 0. The largest absolute Gasteiger partial charge is 0.417 e. The first kappa shape index (κ1) is 24.1. The predicted molar refractivity (Wildman–Crippen MR) is 111 cm³/mol. The molecule has 1 atom stereocenters. The fourth-order valence-corrected chi connectivity index (χ4v) is 7.95. The Hall–Kier alpha value is 0.0969. The lowest BCUT2D eigenvalue weighted by Gasteiger charge is -2.39. The van der Waals surface area contributed by atoms with Crippen LogP contribution in [0.4, 0.5) is 0 Å². The van der Waals surface area contributed by atoms with E-state index in [0.717, 1.165) is 6.61 Å². The van der Waals surface area contributed by atoms with Gasteiger partial charge in [-0.25, -0.2) is 0 Å². The van der Waals surface area contributed by atoms with Crippen molar-refractivity contribution in [2.75, 3.05) is 47.9 Å². The number of hydrogen-bond donors (Lipinski definition) is 0. The Kier molecular flexibility index (Phi) is 12.5. The second kappa shape index (κ2) is 12.5. The third-order valence-corrected chi connectivity index (χ3v) is 9.18. The molecule has 0 aliphatic rings. The first-order valence-electron chi connectivity index (χ1n) is 10.1. The van der Waals surface area contributed by atoms with E-state index in [0.29, 0.717) is 5.41 Å². The second-order valence-electron chi connectivity index (χ2n) is 8.79. The number of unbranched alkanes of at least 4 members (excludes halogenated alkanes) is 3. The number of nitrogens with zero attached hydrogens (tertiary/aromatic N) is 2. The van der Waals surface area contributed by atoms with Crippen LogP contribution in [0.2, 0.25) is 18.6 Å². The molecule has 24 heavy (non-hydrogen) atoms. The van der Waals surface area contributed by atoms with Crippen molar-refractivity contribution in [3.63, 3.8) is 0 Å². The van der Waals surface area contributed by atoms with Gasteiger partial charge in [0.1, 0.15) is 0 Å². The number of rotatable bonds is 15. The average Bonchev–Trinajstić information content (AvgIpc) is 2.48. The SMILES string of the molecule is CCCCCC[Si](C)(CC(C)(CCN(C)C)CCN(C)C)OCC. The van der Waals surface area contributed by atoms with Crippen molar-refractivity contribution < 1.29 is 4.43 Å². The minimum Gasteiger partial charge on any atom is -0.417 e. The molecule has 4 heteroatoms. The molecule has 0 saturated heterocycles. The fourth-order valence-electron chi connectivity index (χ4n) is 3.68. The molecular weight excluding hydrogens is 312 g/mol. The van der Waals surface area contributed by atoms with E-state index in [2.05, 4.69) is 65.3 Å². The first-order valence-corrected chi connectivity index (χ1v) is 12.9. The zero-order chi connectivity index (χ0) is 18.6. The van der Waals surface area contributed by atoms with Gasteiger partial charge in [-0.1, -0.05) is 39.5 Å². The molecule has 0 rings (SSSR count). The molecule has 0 aromatic rings. The normalized spacial score (nSPS) is 15.2. The van der Waals surface area contributed by atoms with Gasteiger partial charge in [0.15, 0.2) is 8.32 Å². The Bertz CT molecular complexity index is 298. The third-order valence-electron chi connectivity index (χ3n) is 5.18. The van der Waals surface area contributed by atoms with E-state index in [9.17, 15) is 0 Å². The van der Waals surface area contributed by atoms with Crippen LogP contribution in [0, 0.1) is 5.41 Å². The van der Waals surface area contributed by atoms with Gasteiger partial charge in [-0.3, -0.25) is 0 Å². The van der Waals surface area contributed by atoms with Crippen LogP contribution in [0.3, 0.4) is 0 Å². The van der Waals surface area contributed by atoms with Crippen LogP contribution in [-0.2, 0) is 4.43 Å². The van der Waals surface area contributed by atoms with Crippen molar-refractivity contribution in [2.24, 2.45) is 5.41 Å². The van der Waals surface area contributed by atoms with Gasteiger partial charge in [0.2, 0.25) is 0 Å². The minimum atomic E-state index is -1.62.